The summed E-state index contributed by atoms with van der Waals surface area (Å²) in [5.41, 5.74) is 0. The van der Waals surface area contributed by atoms with E-state index in [4.69, 9.17) is 5.11 Å². The summed E-state index contributed by atoms with van der Waals surface area (Å²) in [5, 5.41) is 7.57. The van der Waals surface area contributed by atoms with Crippen LogP contribution in [0.15, 0.2) is 0 Å². The van der Waals surface area contributed by atoms with E-state index < -0.39 is 0 Å². The van der Waals surface area contributed by atoms with E-state index in [-0.39, 0.29) is 19.0 Å². The second kappa shape index (κ2) is 27.2. The summed E-state index contributed by atoms with van der Waals surface area (Å²) in [6.07, 6.45) is 0. The molecule has 54 valence electrons. The Hall–Kier alpha value is 0.170. The lowest BCUT2D eigenvalue weighted by atomic mass is 10.9. The Balaban J connectivity index is -0.0000000575. The molecule has 0 saturated carbocycles. The molecule has 4 heteroatoms. The van der Waals surface area contributed by atoms with E-state index in [2.05, 4.69) is 10.7 Å². The lowest BCUT2D eigenvalue weighted by molar-refractivity contribution is 0.152. The highest BCUT2D eigenvalue weighted by molar-refractivity contribution is 5.85. The fourth-order valence-electron chi connectivity index (χ4n) is 0. The van der Waals surface area contributed by atoms with Crippen LogP contribution in [0.4, 0.5) is 0 Å². The van der Waals surface area contributed by atoms with Crippen molar-refractivity contribution in [3.05, 3.63) is 0 Å². The maximum atomic E-state index is 7.57. The monoisotopic (exact) mass is 143 g/mol. The summed E-state index contributed by atoms with van der Waals surface area (Å²) in [6, 6.07) is 0. The van der Waals surface area contributed by atoms with Crippen LogP contribution in [-0.2, 0) is 4.84 Å². The molecule has 0 atom stereocenters. The first kappa shape index (κ1) is 15.7. The Bertz CT molecular complexity index is 21.5. The molecule has 3 nitrogen and oxygen atoms in total. The van der Waals surface area contributed by atoms with Gasteiger partial charge < -0.3 is 9.94 Å². The van der Waals surface area contributed by atoms with Gasteiger partial charge in [-0.15, -0.1) is 12.4 Å². The van der Waals surface area contributed by atoms with E-state index in [9.17, 15) is 0 Å². The predicted octanol–water partition coefficient (Wildman–Crippen LogP) is 0.317. The lowest BCUT2D eigenvalue weighted by Crippen LogP contribution is -1.94. The molecule has 0 heterocycles. The Morgan fingerprint density at radius 3 is 1.62 bits per heavy atom. The fourth-order valence-corrected chi connectivity index (χ4v) is 0. The summed E-state index contributed by atoms with van der Waals surface area (Å²) in [6.45, 7) is 4.36. The predicted molar refractivity (Wildman–Crippen MR) is 35.8 cm³/mol. The van der Waals surface area contributed by atoms with Crippen molar-refractivity contribution < 1.29 is 9.94 Å². The maximum absolute atomic E-state index is 7.57. The van der Waals surface area contributed by atoms with Gasteiger partial charge in [-0.05, 0) is 13.8 Å². The number of nitrogens with two attached hydrogens (primary N) is 1. The topological polar surface area (TPSA) is 55.5 Å². The average Bonchev–Trinajstić information content (AvgIpc) is 1.69. The number of hydrogen-bond acceptors (Lipinski definition) is 3. The molecule has 0 amide bonds. The van der Waals surface area contributed by atoms with Crippen molar-refractivity contribution in [1.29, 1.82) is 0 Å². The van der Waals surface area contributed by atoms with Gasteiger partial charge in [0.25, 0.3) is 0 Å². The molecule has 0 radical (unpaired) electrons. The van der Waals surface area contributed by atoms with Crippen molar-refractivity contribution in [2.45, 2.75) is 13.8 Å². The zero-order chi connectivity index (χ0) is 6.12. The molecule has 0 aliphatic heterocycles. The second-order valence-corrected chi connectivity index (χ2v) is 0.772. The third-order valence-electron chi connectivity index (χ3n) is 0.167. The van der Waals surface area contributed by atoms with Gasteiger partial charge in [0.05, 0.1) is 6.61 Å². The zero-order valence-corrected chi connectivity index (χ0v) is 6.07. The number of halogens is 1. The van der Waals surface area contributed by atoms with E-state index in [1.165, 1.54) is 0 Å². The van der Waals surface area contributed by atoms with Crippen LogP contribution in [0.3, 0.4) is 0 Å². The van der Waals surface area contributed by atoms with E-state index >= 15 is 0 Å². The summed E-state index contributed by atoms with van der Waals surface area (Å²) < 4.78 is 0. The summed E-state index contributed by atoms with van der Waals surface area (Å²) in [4.78, 5) is 4.04. The van der Waals surface area contributed by atoms with E-state index in [0.29, 0.717) is 6.61 Å². The van der Waals surface area contributed by atoms with E-state index in [1.54, 1.807) is 6.92 Å². The highest BCUT2D eigenvalue weighted by atomic mass is 35.5. The standard InChI is InChI=1S/C2H7NO.C2H6O.ClH/c1-2-4-3;1-2-3;/h2-3H2,1H3;3H,2H2,1H3;1H. The summed E-state index contributed by atoms with van der Waals surface area (Å²) in [7, 11) is 0. The zero-order valence-electron chi connectivity index (χ0n) is 5.26. The first-order chi connectivity index (χ1) is 3.33. The van der Waals surface area contributed by atoms with Gasteiger partial charge in [0.2, 0.25) is 0 Å². The molecular formula is C4H14ClNO2. The molecule has 0 aromatic carbocycles. The van der Waals surface area contributed by atoms with Crippen molar-refractivity contribution >= 4 is 12.4 Å². The molecule has 0 unspecified atom stereocenters. The Labute approximate surface area is 56.2 Å². The second-order valence-electron chi connectivity index (χ2n) is 0.772. The number of rotatable bonds is 1. The molecule has 0 aliphatic rings. The lowest BCUT2D eigenvalue weighted by Gasteiger charge is -1.76. The van der Waals surface area contributed by atoms with Crippen molar-refractivity contribution in [2.24, 2.45) is 5.90 Å². The minimum atomic E-state index is 0. The molecule has 0 saturated heterocycles. The van der Waals surface area contributed by atoms with Crippen LogP contribution < -0.4 is 5.90 Å². The van der Waals surface area contributed by atoms with Crippen LogP contribution in [0.25, 0.3) is 0 Å². The van der Waals surface area contributed by atoms with Crippen molar-refractivity contribution in [2.75, 3.05) is 13.2 Å². The Morgan fingerprint density at radius 1 is 1.50 bits per heavy atom. The van der Waals surface area contributed by atoms with Gasteiger partial charge in [-0.25, -0.2) is 5.90 Å². The molecule has 0 rings (SSSR count). The van der Waals surface area contributed by atoms with Crippen molar-refractivity contribution in [3.63, 3.8) is 0 Å². The van der Waals surface area contributed by atoms with Crippen molar-refractivity contribution in [3.8, 4) is 0 Å². The molecule has 0 aromatic rings. The quantitative estimate of drug-likeness (QED) is 0.520. The van der Waals surface area contributed by atoms with Crippen LogP contribution in [0.2, 0.25) is 0 Å². The first-order valence-electron chi connectivity index (χ1n) is 2.25. The van der Waals surface area contributed by atoms with Gasteiger partial charge >= 0.3 is 0 Å². The third kappa shape index (κ3) is 120. The minimum Gasteiger partial charge on any atom is -0.397 e. The number of aliphatic hydroxyl groups is 1. The van der Waals surface area contributed by atoms with Crippen LogP contribution >= 0.6 is 12.4 Å². The van der Waals surface area contributed by atoms with Gasteiger partial charge in [-0.2, -0.15) is 0 Å². The maximum Gasteiger partial charge on any atom is 0.0651 e. The van der Waals surface area contributed by atoms with Crippen molar-refractivity contribution in [1.82, 2.24) is 0 Å². The smallest absolute Gasteiger partial charge is 0.0651 e. The summed E-state index contributed by atoms with van der Waals surface area (Å²) in [5.74, 6) is 4.53. The van der Waals surface area contributed by atoms with Gasteiger partial charge in [0.1, 0.15) is 0 Å². The summed E-state index contributed by atoms with van der Waals surface area (Å²) >= 11 is 0. The number of aliphatic hydroxyl groups excluding tert-OH is 1. The third-order valence-corrected chi connectivity index (χ3v) is 0.167. The largest absolute Gasteiger partial charge is 0.397 e. The van der Waals surface area contributed by atoms with Crippen LogP contribution in [0.1, 0.15) is 13.8 Å². The first-order valence-corrected chi connectivity index (χ1v) is 2.25. The van der Waals surface area contributed by atoms with Crippen LogP contribution in [0, 0.1) is 0 Å². The molecule has 0 spiro atoms. The van der Waals surface area contributed by atoms with Gasteiger partial charge in [0.15, 0.2) is 0 Å². The average molecular weight is 144 g/mol. The number of hydrogen-bond donors (Lipinski definition) is 2. The Kier molecular flexibility index (Phi) is 53.4. The highest BCUT2D eigenvalue weighted by Crippen LogP contribution is 1.46. The van der Waals surface area contributed by atoms with Gasteiger partial charge in [0, 0.05) is 6.61 Å². The van der Waals surface area contributed by atoms with Crippen LogP contribution in [0.5, 0.6) is 0 Å². The molecule has 3 N–H and O–H groups in total. The molecular weight excluding hydrogens is 130 g/mol. The SMILES string of the molecule is CCO.CCON.Cl. The van der Waals surface area contributed by atoms with E-state index in [0.717, 1.165) is 0 Å². The van der Waals surface area contributed by atoms with E-state index in [1.807, 2.05) is 6.92 Å². The minimum absolute atomic E-state index is 0. The normalized spacial score (nSPS) is 6.00. The Morgan fingerprint density at radius 2 is 1.62 bits per heavy atom. The fraction of sp³-hybridized carbons (Fsp3) is 1.00. The van der Waals surface area contributed by atoms with Gasteiger partial charge in [-0.1, -0.05) is 0 Å². The van der Waals surface area contributed by atoms with Crippen LogP contribution in [-0.4, -0.2) is 18.3 Å². The van der Waals surface area contributed by atoms with Gasteiger partial charge in [-0.3, -0.25) is 0 Å². The molecule has 8 heavy (non-hydrogen) atoms. The molecule has 0 fully saturated rings. The highest BCUT2D eigenvalue weighted by Gasteiger charge is 1.52. The molecule has 0 aromatic heterocycles. The molecule has 0 bridgehead atoms. The molecule has 0 aliphatic carbocycles.